The molecule has 40 heavy (non-hydrogen) atoms. The van der Waals surface area contributed by atoms with Gasteiger partial charge in [-0.3, -0.25) is 4.79 Å². The number of alkyl carbamates (subject to hydrolysis) is 1. The molecule has 0 spiro atoms. The number of rotatable bonds is 6. The second-order valence-corrected chi connectivity index (χ2v) is 9.69. The SMILES string of the molecule is CNC(=O)OC1CCN(c2ccc(C(F)(F)F)c(-n3nc(-c4cc(OC)cc(OC)c4)c4c(c3=O)CCC4)c2)C1. The number of halogens is 3. The normalized spacial score (nSPS) is 16.6. The number of carbonyl (C=O) groups is 1. The number of aromatic nitrogens is 2. The predicted octanol–water partition coefficient (Wildman–Crippen LogP) is 4.36. The highest BCUT2D eigenvalue weighted by Crippen LogP contribution is 2.38. The van der Waals surface area contributed by atoms with Crippen LogP contribution < -0.4 is 25.2 Å². The fraction of sp³-hybridized carbons (Fsp3) is 0.393. The fourth-order valence-electron chi connectivity index (χ4n) is 5.31. The van der Waals surface area contributed by atoms with Crippen molar-refractivity contribution in [3.05, 3.63) is 63.4 Å². The second kappa shape index (κ2) is 10.7. The van der Waals surface area contributed by atoms with Crippen molar-refractivity contribution in [1.29, 1.82) is 0 Å². The van der Waals surface area contributed by atoms with Crippen LogP contribution in [0.4, 0.5) is 23.7 Å². The molecule has 1 atom stereocenters. The average Bonchev–Trinajstić information content (AvgIpc) is 3.62. The number of alkyl halides is 3. The van der Waals surface area contributed by atoms with Gasteiger partial charge in [-0.15, -0.1) is 0 Å². The van der Waals surface area contributed by atoms with Crippen molar-refractivity contribution in [2.75, 3.05) is 39.3 Å². The molecular formula is C28H29F3N4O5. The minimum absolute atomic E-state index is 0.305. The van der Waals surface area contributed by atoms with Gasteiger partial charge in [0.2, 0.25) is 0 Å². The summed E-state index contributed by atoms with van der Waals surface area (Å²) in [6.45, 7) is 0.771. The lowest BCUT2D eigenvalue weighted by Crippen LogP contribution is -2.30. The van der Waals surface area contributed by atoms with Gasteiger partial charge in [0.25, 0.3) is 5.56 Å². The molecule has 0 radical (unpaired) electrons. The Balaban J connectivity index is 1.65. The molecule has 2 aliphatic rings. The maximum atomic E-state index is 14.3. The van der Waals surface area contributed by atoms with Crippen LogP contribution in [-0.2, 0) is 23.8 Å². The lowest BCUT2D eigenvalue weighted by atomic mass is 10.0. The van der Waals surface area contributed by atoms with E-state index >= 15 is 0 Å². The van der Waals surface area contributed by atoms with Crippen molar-refractivity contribution in [3.63, 3.8) is 0 Å². The summed E-state index contributed by atoms with van der Waals surface area (Å²) in [6.07, 6.45) is -3.49. The summed E-state index contributed by atoms with van der Waals surface area (Å²) in [4.78, 5) is 27.1. The standard InChI is InChI=1S/C28H29F3N4O5/c1-32-27(37)40-18-9-10-34(15-18)17-7-8-23(28(29,30)31)24(13-17)35-26(36)22-6-4-5-21(22)25(33-35)16-11-19(38-2)14-20(12-16)39-3/h7-8,11-14,18H,4-6,9-10,15H2,1-3H3,(H,32,37). The third-order valence-corrected chi connectivity index (χ3v) is 7.28. The first-order chi connectivity index (χ1) is 19.1. The predicted molar refractivity (Wildman–Crippen MR) is 142 cm³/mol. The van der Waals surface area contributed by atoms with Crippen molar-refractivity contribution >= 4 is 11.8 Å². The van der Waals surface area contributed by atoms with E-state index in [1.54, 1.807) is 18.2 Å². The molecule has 1 saturated heterocycles. The number of nitrogens with one attached hydrogen (secondary N) is 1. The summed E-state index contributed by atoms with van der Waals surface area (Å²) in [5, 5.41) is 6.93. The Bertz CT molecular complexity index is 1480. The lowest BCUT2D eigenvalue weighted by molar-refractivity contribution is -0.137. The van der Waals surface area contributed by atoms with Crippen molar-refractivity contribution in [3.8, 4) is 28.4 Å². The molecule has 1 N–H and O–H groups in total. The number of hydrogen-bond acceptors (Lipinski definition) is 7. The van der Waals surface area contributed by atoms with Crippen LogP contribution in [0.2, 0.25) is 0 Å². The molecule has 5 rings (SSSR count). The quantitative estimate of drug-likeness (QED) is 0.481. The molecule has 0 bridgehead atoms. The molecule has 1 aliphatic carbocycles. The highest BCUT2D eigenvalue weighted by atomic mass is 19.4. The van der Waals surface area contributed by atoms with Crippen LogP contribution in [0.3, 0.4) is 0 Å². The topological polar surface area (TPSA) is 94.9 Å². The summed E-state index contributed by atoms with van der Waals surface area (Å²) < 4.78 is 59.7. The van der Waals surface area contributed by atoms with Gasteiger partial charge in [0.15, 0.2) is 0 Å². The Morgan fingerprint density at radius 3 is 2.40 bits per heavy atom. The second-order valence-electron chi connectivity index (χ2n) is 9.69. The minimum Gasteiger partial charge on any atom is -0.497 e. The van der Waals surface area contributed by atoms with Gasteiger partial charge < -0.3 is 24.4 Å². The first kappa shape index (κ1) is 27.4. The molecule has 1 amide bonds. The Labute approximate surface area is 228 Å². The summed E-state index contributed by atoms with van der Waals surface area (Å²) >= 11 is 0. The molecule has 3 aromatic rings. The maximum absolute atomic E-state index is 14.3. The van der Waals surface area contributed by atoms with Crippen LogP contribution in [0.1, 0.15) is 29.5 Å². The van der Waals surface area contributed by atoms with Crippen LogP contribution in [0.25, 0.3) is 16.9 Å². The molecular weight excluding hydrogens is 529 g/mol. The van der Waals surface area contributed by atoms with Crippen LogP contribution in [0.15, 0.2) is 41.2 Å². The van der Waals surface area contributed by atoms with Crippen molar-refractivity contribution in [2.24, 2.45) is 0 Å². The zero-order valence-corrected chi connectivity index (χ0v) is 22.3. The fourth-order valence-corrected chi connectivity index (χ4v) is 5.31. The van der Waals surface area contributed by atoms with Crippen molar-refractivity contribution < 1.29 is 32.2 Å². The van der Waals surface area contributed by atoms with Gasteiger partial charge in [0.05, 0.1) is 37.7 Å². The summed E-state index contributed by atoms with van der Waals surface area (Å²) in [5.74, 6) is 0.974. The minimum atomic E-state index is -4.73. The number of amides is 1. The number of fused-ring (bicyclic) bond motifs is 1. The molecule has 1 aliphatic heterocycles. The number of anilines is 1. The Morgan fingerprint density at radius 2 is 1.75 bits per heavy atom. The third kappa shape index (κ3) is 5.17. The molecule has 2 heterocycles. The Morgan fingerprint density at radius 1 is 1.05 bits per heavy atom. The molecule has 1 aromatic heterocycles. The monoisotopic (exact) mass is 558 g/mol. The number of benzene rings is 2. The summed E-state index contributed by atoms with van der Waals surface area (Å²) in [6, 6.07) is 8.78. The van der Waals surface area contributed by atoms with E-state index in [-0.39, 0.29) is 5.69 Å². The van der Waals surface area contributed by atoms with E-state index in [9.17, 15) is 22.8 Å². The largest absolute Gasteiger partial charge is 0.497 e. The molecule has 212 valence electrons. The van der Waals surface area contributed by atoms with Crippen LogP contribution in [0, 0.1) is 0 Å². The first-order valence-corrected chi connectivity index (χ1v) is 12.9. The lowest BCUT2D eigenvalue weighted by Gasteiger charge is -2.22. The Hall–Kier alpha value is -4.22. The number of carbonyl (C=O) groups excluding carboxylic acids is 1. The third-order valence-electron chi connectivity index (χ3n) is 7.28. The van der Waals surface area contributed by atoms with E-state index in [0.29, 0.717) is 72.8 Å². The first-order valence-electron chi connectivity index (χ1n) is 12.9. The van der Waals surface area contributed by atoms with Crippen molar-refractivity contribution in [2.45, 2.75) is 38.0 Å². The zero-order chi connectivity index (χ0) is 28.6. The zero-order valence-electron chi connectivity index (χ0n) is 22.3. The smallest absolute Gasteiger partial charge is 0.418 e. The number of methoxy groups -OCH3 is 2. The summed E-state index contributed by atoms with van der Waals surface area (Å²) in [7, 11) is 4.45. The van der Waals surface area contributed by atoms with E-state index in [2.05, 4.69) is 10.4 Å². The van der Waals surface area contributed by atoms with E-state index in [1.807, 2.05) is 4.90 Å². The maximum Gasteiger partial charge on any atom is 0.418 e. The van der Waals surface area contributed by atoms with E-state index in [4.69, 9.17) is 14.2 Å². The van der Waals surface area contributed by atoms with Gasteiger partial charge in [0.1, 0.15) is 17.6 Å². The van der Waals surface area contributed by atoms with Gasteiger partial charge in [-0.05, 0) is 55.2 Å². The van der Waals surface area contributed by atoms with E-state index in [1.165, 1.54) is 33.4 Å². The molecule has 2 aromatic carbocycles. The van der Waals surface area contributed by atoms with E-state index < -0.39 is 29.5 Å². The van der Waals surface area contributed by atoms with Gasteiger partial charge in [-0.25, -0.2) is 4.79 Å². The number of hydrogen-bond donors (Lipinski definition) is 1. The summed E-state index contributed by atoms with van der Waals surface area (Å²) in [5.41, 5.74) is 0.692. The van der Waals surface area contributed by atoms with E-state index in [0.717, 1.165) is 16.3 Å². The van der Waals surface area contributed by atoms with Gasteiger partial charge in [0, 0.05) is 42.9 Å². The van der Waals surface area contributed by atoms with Gasteiger partial charge in [-0.1, -0.05) is 0 Å². The molecule has 0 saturated carbocycles. The molecule has 1 unspecified atom stereocenters. The van der Waals surface area contributed by atoms with Gasteiger partial charge in [-0.2, -0.15) is 23.0 Å². The molecule has 1 fully saturated rings. The van der Waals surface area contributed by atoms with Crippen LogP contribution >= 0.6 is 0 Å². The number of nitrogens with zero attached hydrogens (tertiary/aromatic N) is 3. The number of ether oxygens (including phenoxy) is 3. The highest BCUT2D eigenvalue weighted by molar-refractivity contribution is 5.69. The highest BCUT2D eigenvalue weighted by Gasteiger charge is 2.36. The average molecular weight is 559 g/mol. The molecule has 9 nitrogen and oxygen atoms in total. The van der Waals surface area contributed by atoms with Gasteiger partial charge >= 0.3 is 12.3 Å². The Kier molecular flexibility index (Phi) is 7.35. The van der Waals surface area contributed by atoms with Crippen LogP contribution in [0.5, 0.6) is 11.5 Å². The van der Waals surface area contributed by atoms with Crippen LogP contribution in [-0.4, -0.2) is 56.3 Å². The van der Waals surface area contributed by atoms with Crippen molar-refractivity contribution in [1.82, 2.24) is 15.1 Å². The molecule has 12 heteroatoms.